The molecule has 0 saturated heterocycles. The highest BCUT2D eigenvalue weighted by Crippen LogP contribution is 2.13. The van der Waals surface area contributed by atoms with E-state index in [0.717, 1.165) is 6.42 Å². The van der Waals surface area contributed by atoms with Crippen LogP contribution in [0.2, 0.25) is 0 Å². The van der Waals surface area contributed by atoms with E-state index < -0.39 is 12.1 Å². The van der Waals surface area contributed by atoms with Crippen LogP contribution in [0.15, 0.2) is 24.3 Å². The zero-order chi connectivity index (χ0) is 15.7. The van der Waals surface area contributed by atoms with Crippen molar-refractivity contribution < 1.29 is 19.1 Å². The Morgan fingerprint density at radius 1 is 1.29 bits per heavy atom. The monoisotopic (exact) mass is 294 g/mol. The molecule has 0 bridgehead atoms. The minimum absolute atomic E-state index is 0.0791. The smallest absolute Gasteiger partial charge is 0.310 e. The number of nitrogen functional groups attached to an aromatic ring is 1. The number of hydrogen-bond donors (Lipinski definition) is 2. The second-order valence-corrected chi connectivity index (χ2v) is 4.59. The van der Waals surface area contributed by atoms with E-state index in [1.807, 2.05) is 6.92 Å². The summed E-state index contributed by atoms with van der Waals surface area (Å²) in [6.07, 6.45) is 0.123. The second kappa shape index (κ2) is 8.84. The minimum Gasteiger partial charge on any atom is -0.493 e. The molecule has 1 atom stereocenters. The molecule has 0 aliphatic heterocycles. The molecule has 1 rings (SSSR count). The summed E-state index contributed by atoms with van der Waals surface area (Å²) in [5.74, 6) is -0.125. The van der Waals surface area contributed by atoms with Gasteiger partial charge in [-0.05, 0) is 37.6 Å². The standard InChI is InChI=1S/C15H22N2O4/c1-3-9-17-15(19)11(2)21-14(18)8-10-20-13-6-4-12(16)5-7-13/h4-7,11H,3,8-10,16H2,1-2H3,(H,17,19). The average molecular weight is 294 g/mol. The third kappa shape index (κ3) is 6.65. The van der Waals surface area contributed by atoms with E-state index in [0.29, 0.717) is 18.0 Å². The minimum atomic E-state index is -0.791. The van der Waals surface area contributed by atoms with Crippen LogP contribution in [0.3, 0.4) is 0 Å². The lowest BCUT2D eigenvalue weighted by atomic mass is 10.3. The van der Waals surface area contributed by atoms with E-state index >= 15 is 0 Å². The lowest BCUT2D eigenvalue weighted by Gasteiger charge is -2.13. The van der Waals surface area contributed by atoms with E-state index in [1.165, 1.54) is 0 Å². The topological polar surface area (TPSA) is 90.6 Å². The number of anilines is 1. The number of hydrogen-bond acceptors (Lipinski definition) is 5. The summed E-state index contributed by atoms with van der Waals surface area (Å²) in [4.78, 5) is 23.1. The van der Waals surface area contributed by atoms with E-state index in [2.05, 4.69) is 5.32 Å². The fourth-order valence-corrected chi connectivity index (χ4v) is 1.52. The van der Waals surface area contributed by atoms with Crippen molar-refractivity contribution in [3.8, 4) is 5.75 Å². The molecular weight excluding hydrogens is 272 g/mol. The molecule has 3 N–H and O–H groups in total. The number of rotatable bonds is 8. The number of carbonyl (C=O) groups is 2. The summed E-state index contributed by atoms with van der Waals surface area (Å²) in [6, 6.07) is 6.88. The Morgan fingerprint density at radius 2 is 1.95 bits per heavy atom. The fourth-order valence-electron chi connectivity index (χ4n) is 1.52. The molecule has 0 aromatic heterocycles. The van der Waals surface area contributed by atoms with Gasteiger partial charge in [0.15, 0.2) is 6.10 Å². The van der Waals surface area contributed by atoms with Crippen molar-refractivity contribution in [3.05, 3.63) is 24.3 Å². The van der Waals surface area contributed by atoms with E-state index in [4.69, 9.17) is 15.2 Å². The number of amides is 1. The molecule has 21 heavy (non-hydrogen) atoms. The van der Waals surface area contributed by atoms with Crippen LogP contribution < -0.4 is 15.8 Å². The average Bonchev–Trinajstić information content (AvgIpc) is 2.46. The normalized spacial score (nSPS) is 11.5. The van der Waals surface area contributed by atoms with Crippen LogP contribution in [-0.2, 0) is 14.3 Å². The van der Waals surface area contributed by atoms with E-state index in [9.17, 15) is 9.59 Å². The van der Waals surface area contributed by atoms with Crippen molar-refractivity contribution >= 4 is 17.6 Å². The number of esters is 1. The van der Waals surface area contributed by atoms with Crippen LogP contribution in [0, 0.1) is 0 Å². The molecule has 1 unspecified atom stereocenters. The SMILES string of the molecule is CCCNC(=O)C(C)OC(=O)CCOc1ccc(N)cc1. The summed E-state index contributed by atoms with van der Waals surface area (Å²) in [6.45, 7) is 4.25. The highest BCUT2D eigenvalue weighted by atomic mass is 16.5. The Morgan fingerprint density at radius 3 is 2.57 bits per heavy atom. The first-order valence-electron chi connectivity index (χ1n) is 6.98. The van der Waals surface area contributed by atoms with Gasteiger partial charge in [-0.2, -0.15) is 0 Å². The summed E-state index contributed by atoms with van der Waals surface area (Å²) in [5, 5.41) is 2.67. The zero-order valence-electron chi connectivity index (χ0n) is 12.4. The predicted octanol–water partition coefficient (Wildman–Crippen LogP) is 1.50. The lowest BCUT2D eigenvalue weighted by molar-refractivity contribution is -0.155. The van der Waals surface area contributed by atoms with Gasteiger partial charge < -0.3 is 20.5 Å². The Bertz CT molecular complexity index is 459. The Kier molecular flexibility index (Phi) is 7.08. The first-order valence-corrected chi connectivity index (χ1v) is 6.98. The maximum atomic E-state index is 11.6. The summed E-state index contributed by atoms with van der Waals surface area (Å²) in [7, 11) is 0. The van der Waals surface area contributed by atoms with Crippen LogP contribution >= 0.6 is 0 Å². The molecule has 6 heteroatoms. The van der Waals surface area contributed by atoms with Crippen molar-refractivity contribution in [2.24, 2.45) is 0 Å². The highest BCUT2D eigenvalue weighted by Gasteiger charge is 2.16. The Hall–Kier alpha value is -2.24. The van der Waals surface area contributed by atoms with Gasteiger partial charge in [-0.25, -0.2) is 0 Å². The maximum absolute atomic E-state index is 11.6. The summed E-state index contributed by atoms with van der Waals surface area (Å²) < 4.78 is 10.4. The zero-order valence-corrected chi connectivity index (χ0v) is 12.4. The van der Waals surface area contributed by atoms with Crippen molar-refractivity contribution in [3.63, 3.8) is 0 Å². The largest absolute Gasteiger partial charge is 0.493 e. The van der Waals surface area contributed by atoms with Gasteiger partial charge in [-0.15, -0.1) is 0 Å². The van der Waals surface area contributed by atoms with E-state index in [1.54, 1.807) is 31.2 Å². The molecule has 116 valence electrons. The fraction of sp³-hybridized carbons (Fsp3) is 0.467. The first-order chi connectivity index (χ1) is 10.0. The third-order valence-electron chi connectivity index (χ3n) is 2.68. The van der Waals surface area contributed by atoms with Gasteiger partial charge >= 0.3 is 5.97 Å². The Balaban J connectivity index is 2.24. The summed E-state index contributed by atoms with van der Waals surface area (Å²) >= 11 is 0. The van der Waals surface area contributed by atoms with Crippen molar-refractivity contribution in [1.82, 2.24) is 5.32 Å². The number of carbonyl (C=O) groups excluding carboxylic acids is 2. The quantitative estimate of drug-likeness (QED) is 0.560. The van der Waals surface area contributed by atoms with Gasteiger partial charge in [0.2, 0.25) is 0 Å². The molecule has 1 aromatic rings. The van der Waals surface area contributed by atoms with Crippen LogP contribution in [0.1, 0.15) is 26.7 Å². The molecule has 0 spiro atoms. The predicted molar refractivity (Wildman–Crippen MR) is 79.8 cm³/mol. The van der Waals surface area contributed by atoms with Gasteiger partial charge in [0, 0.05) is 12.2 Å². The van der Waals surface area contributed by atoms with Gasteiger partial charge in [0.05, 0.1) is 13.0 Å². The maximum Gasteiger partial charge on any atom is 0.310 e. The van der Waals surface area contributed by atoms with Crippen LogP contribution in [-0.4, -0.2) is 31.1 Å². The molecule has 0 aliphatic carbocycles. The third-order valence-corrected chi connectivity index (χ3v) is 2.68. The molecule has 6 nitrogen and oxygen atoms in total. The lowest BCUT2D eigenvalue weighted by Crippen LogP contribution is -2.36. The first kappa shape index (κ1) is 16.8. The summed E-state index contributed by atoms with van der Waals surface area (Å²) in [5.41, 5.74) is 6.20. The van der Waals surface area contributed by atoms with Crippen LogP contribution in [0.4, 0.5) is 5.69 Å². The van der Waals surface area contributed by atoms with Crippen LogP contribution in [0.5, 0.6) is 5.75 Å². The molecule has 0 saturated carbocycles. The molecule has 0 fully saturated rings. The van der Waals surface area contributed by atoms with Gasteiger partial charge in [0.1, 0.15) is 5.75 Å². The molecule has 0 aliphatic rings. The number of benzene rings is 1. The van der Waals surface area contributed by atoms with Crippen molar-refractivity contribution in [2.75, 3.05) is 18.9 Å². The highest BCUT2D eigenvalue weighted by molar-refractivity contribution is 5.83. The second-order valence-electron chi connectivity index (χ2n) is 4.59. The number of ether oxygens (including phenoxy) is 2. The van der Waals surface area contributed by atoms with Crippen molar-refractivity contribution in [2.45, 2.75) is 32.8 Å². The van der Waals surface area contributed by atoms with Gasteiger partial charge in [-0.3, -0.25) is 9.59 Å². The van der Waals surface area contributed by atoms with E-state index in [-0.39, 0.29) is 18.9 Å². The number of nitrogens with one attached hydrogen (secondary N) is 1. The van der Waals surface area contributed by atoms with Crippen molar-refractivity contribution in [1.29, 1.82) is 0 Å². The molecule has 0 heterocycles. The Labute approximate surface area is 124 Å². The molecular formula is C15H22N2O4. The molecule has 0 radical (unpaired) electrons. The van der Waals surface area contributed by atoms with Gasteiger partial charge in [0.25, 0.3) is 5.91 Å². The van der Waals surface area contributed by atoms with Crippen LogP contribution in [0.25, 0.3) is 0 Å². The van der Waals surface area contributed by atoms with Gasteiger partial charge in [-0.1, -0.05) is 6.92 Å². The molecule has 1 aromatic carbocycles. The number of nitrogens with two attached hydrogens (primary N) is 1. The molecule has 1 amide bonds.